The van der Waals surface area contributed by atoms with E-state index in [1.165, 1.54) is 4.52 Å². The Morgan fingerprint density at radius 3 is 2.71 bits per heavy atom. The predicted molar refractivity (Wildman–Crippen MR) is 73.8 cm³/mol. The zero-order valence-electron chi connectivity index (χ0n) is 11.0. The SMILES string of the molecule is O=C(O)CCc1n[n+]2cc(-c3ccccc3)[nH]c2[nH]c1=O. The van der Waals surface area contributed by atoms with Gasteiger partial charge in [0.15, 0.2) is 5.69 Å². The summed E-state index contributed by atoms with van der Waals surface area (Å²) in [5, 5.41) is 12.8. The summed E-state index contributed by atoms with van der Waals surface area (Å²) in [5.41, 5.74) is 1.61. The number of carboxylic acids is 1. The molecule has 1 aromatic carbocycles. The predicted octanol–water partition coefficient (Wildman–Crippen LogP) is 0.521. The van der Waals surface area contributed by atoms with Crippen LogP contribution in [0.5, 0.6) is 0 Å². The largest absolute Gasteiger partial charge is 0.481 e. The maximum atomic E-state index is 11.8. The summed E-state index contributed by atoms with van der Waals surface area (Å²) in [7, 11) is 0. The third-order valence-corrected chi connectivity index (χ3v) is 3.12. The lowest BCUT2D eigenvalue weighted by molar-refractivity contribution is -0.582. The minimum absolute atomic E-state index is 0.0967. The van der Waals surface area contributed by atoms with Crippen LogP contribution in [0.1, 0.15) is 12.1 Å². The van der Waals surface area contributed by atoms with Crippen molar-refractivity contribution in [1.82, 2.24) is 15.1 Å². The minimum Gasteiger partial charge on any atom is -0.481 e. The summed E-state index contributed by atoms with van der Waals surface area (Å²) in [6, 6.07) is 9.63. The van der Waals surface area contributed by atoms with Crippen LogP contribution in [0.3, 0.4) is 0 Å². The molecular weight excluding hydrogens is 272 g/mol. The number of hydrogen-bond acceptors (Lipinski definition) is 3. The fraction of sp³-hybridized carbons (Fsp3) is 0.143. The number of imidazole rings is 1. The van der Waals surface area contributed by atoms with Gasteiger partial charge in [0.25, 0.3) is 0 Å². The number of benzene rings is 1. The molecular formula is C14H13N4O3+. The second-order valence-corrected chi connectivity index (χ2v) is 4.62. The Kier molecular flexibility index (Phi) is 3.23. The van der Waals surface area contributed by atoms with Crippen molar-refractivity contribution in [2.45, 2.75) is 12.8 Å². The molecule has 3 rings (SSSR count). The van der Waals surface area contributed by atoms with Crippen molar-refractivity contribution in [3.63, 3.8) is 0 Å². The molecule has 0 saturated heterocycles. The number of fused-ring (bicyclic) bond motifs is 1. The lowest BCUT2D eigenvalue weighted by Crippen LogP contribution is -2.33. The van der Waals surface area contributed by atoms with E-state index in [4.69, 9.17) is 5.11 Å². The average molecular weight is 285 g/mol. The number of aromatic nitrogens is 4. The number of hydrogen-bond donors (Lipinski definition) is 3. The Hall–Kier alpha value is -2.96. The van der Waals surface area contributed by atoms with Crippen LogP contribution in [0.2, 0.25) is 0 Å². The number of rotatable bonds is 4. The van der Waals surface area contributed by atoms with Gasteiger partial charge >= 0.3 is 17.3 Å². The van der Waals surface area contributed by atoms with E-state index in [0.29, 0.717) is 5.78 Å². The molecule has 7 nitrogen and oxygen atoms in total. The zero-order chi connectivity index (χ0) is 14.8. The van der Waals surface area contributed by atoms with Crippen LogP contribution in [-0.4, -0.2) is 26.1 Å². The fourth-order valence-corrected chi connectivity index (χ4v) is 2.08. The van der Waals surface area contributed by atoms with E-state index >= 15 is 0 Å². The topological polar surface area (TPSA) is 103 Å². The highest BCUT2D eigenvalue weighted by Crippen LogP contribution is 2.14. The maximum absolute atomic E-state index is 11.8. The number of H-pyrrole nitrogens is 2. The van der Waals surface area contributed by atoms with Gasteiger partial charge < -0.3 is 5.11 Å². The van der Waals surface area contributed by atoms with Crippen molar-refractivity contribution in [3.8, 4) is 11.3 Å². The van der Waals surface area contributed by atoms with Crippen LogP contribution >= 0.6 is 0 Å². The first-order valence-corrected chi connectivity index (χ1v) is 6.44. The van der Waals surface area contributed by atoms with Gasteiger partial charge in [0.2, 0.25) is 0 Å². The molecule has 3 aromatic rings. The number of carboxylic acid groups (broad SMARTS) is 1. The molecule has 0 bridgehead atoms. The minimum atomic E-state index is -0.958. The molecule has 0 aliphatic carbocycles. The summed E-state index contributed by atoms with van der Waals surface area (Å²) in [5.74, 6) is -0.502. The van der Waals surface area contributed by atoms with Gasteiger partial charge in [-0.2, -0.15) is 0 Å². The molecule has 2 aromatic heterocycles. The van der Waals surface area contributed by atoms with Gasteiger partial charge in [-0.15, -0.1) is 9.61 Å². The Labute approximate surface area is 118 Å². The van der Waals surface area contributed by atoms with Crippen LogP contribution in [0.25, 0.3) is 17.0 Å². The van der Waals surface area contributed by atoms with Gasteiger partial charge in [-0.25, -0.2) is 14.8 Å². The molecule has 0 spiro atoms. The van der Waals surface area contributed by atoms with Crippen molar-refractivity contribution in [3.05, 3.63) is 52.6 Å². The molecule has 0 aliphatic rings. The van der Waals surface area contributed by atoms with Crippen molar-refractivity contribution in [2.24, 2.45) is 0 Å². The third-order valence-electron chi connectivity index (χ3n) is 3.12. The van der Waals surface area contributed by atoms with Crippen molar-refractivity contribution in [2.75, 3.05) is 0 Å². The summed E-state index contributed by atoms with van der Waals surface area (Å²) in [6.45, 7) is 0. The molecule has 0 saturated carbocycles. The molecule has 21 heavy (non-hydrogen) atoms. The number of aromatic amines is 2. The van der Waals surface area contributed by atoms with Gasteiger partial charge in [-0.1, -0.05) is 30.3 Å². The molecule has 7 heteroatoms. The zero-order valence-corrected chi connectivity index (χ0v) is 11.0. The molecule has 0 unspecified atom stereocenters. The number of nitrogens with zero attached hydrogens (tertiary/aromatic N) is 2. The van der Waals surface area contributed by atoms with Crippen LogP contribution < -0.4 is 10.1 Å². The summed E-state index contributed by atoms with van der Waals surface area (Å²) < 4.78 is 1.51. The van der Waals surface area contributed by atoms with E-state index in [9.17, 15) is 9.59 Å². The smallest absolute Gasteiger partial charge is 0.387 e. The van der Waals surface area contributed by atoms with E-state index < -0.39 is 5.97 Å². The second kappa shape index (κ2) is 5.20. The second-order valence-electron chi connectivity index (χ2n) is 4.62. The number of carbonyl (C=O) groups is 1. The van der Waals surface area contributed by atoms with Crippen LogP contribution in [-0.2, 0) is 11.2 Å². The lowest BCUT2D eigenvalue weighted by atomic mass is 10.2. The molecule has 106 valence electrons. The highest BCUT2D eigenvalue weighted by molar-refractivity contribution is 5.66. The highest BCUT2D eigenvalue weighted by atomic mass is 16.4. The highest BCUT2D eigenvalue weighted by Gasteiger charge is 2.15. The normalized spacial score (nSPS) is 10.9. The quantitative estimate of drug-likeness (QED) is 0.608. The van der Waals surface area contributed by atoms with Gasteiger partial charge in [0.1, 0.15) is 11.9 Å². The van der Waals surface area contributed by atoms with E-state index in [1.807, 2.05) is 30.3 Å². The first-order valence-electron chi connectivity index (χ1n) is 6.44. The molecule has 2 heterocycles. The average Bonchev–Trinajstić information content (AvgIpc) is 2.88. The first kappa shape index (κ1) is 13.0. The lowest BCUT2D eigenvalue weighted by Gasteiger charge is -1.93. The Morgan fingerprint density at radius 2 is 2.00 bits per heavy atom. The molecule has 3 N–H and O–H groups in total. The fourth-order valence-electron chi connectivity index (χ4n) is 2.08. The molecule has 0 amide bonds. The van der Waals surface area contributed by atoms with Crippen molar-refractivity contribution < 1.29 is 14.4 Å². The number of aryl methyl sites for hydroxylation is 1. The molecule has 0 fully saturated rings. The van der Waals surface area contributed by atoms with E-state index in [-0.39, 0.29) is 24.1 Å². The summed E-state index contributed by atoms with van der Waals surface area (Å²) >= 11 is 0. The maximum Gasteiger partial charge on any atom is 0.387 e. The summed E-state index contributed by atoms with van der Waals surface area (Å²) in [6.07, 6.45) is 1.72. The monoisotopic (exact) mass is 285 g/mol. The summed E-state index contributed by atoms with van der Waals surface area (Å²) in [4.78, 5) is 28.2. The molecule has 0 radical (unpaired) electrons. The van der Waals surface area contributed by atoms with E-state index in [0.717, 1.165) is 11.3 Å². The van der Waals surface area contributed by atoms with Crippen molar-refractivity contribution in [1.29, 1.82) is 0 Å². The van der Waals surface area contributed by atoms with Crippen molar-refractivity contribution >= 4 is 11.7 Å². The van der Waals surface area contributed by atoms with Gasteiger partial charge in [0, 0.05) is 12.0 Å². The van der Waals surface area contributed by atoms with E-state index in [2.05, 4.69) is 15.1 Å². The van der Waals surface area contributed by atoms with Gasteiger partial charge in [-0.3, -0.25) is 4.79 Å². The third kappa shape index (κ3) is 2.66. The van der Waals surface area contributed by atoms with Crippen LogP contribution in [0.15, 0.2) is 41.3 Å². The number of aliphatic carboxylic acids is 1. The first-order chi connectivity index (χ1) is 10.1. The van der Waals surface area contributed by atoms with Gasteiger partial charge in [-0.05, 0) is 0 Å². The van der Waals surface area contributed by atoms with Gasteiger partial charge in [0.05, 0.1) is 6.42 Å². The molecule has 0 atom stereocenters. The number of nitrogens with one attached hydrogen (secondary N) is 2. The van der Waals surface area contributed by atoms with Crippen LogP contribution in [0.4, 0.5) is 0 Å². The van der Waals surface area contributed by atoms with E-state index in [1.54, 1.807) is 6.20 Å². The Morgan fingerprint density at radius 1 is 1.24 bits per heavy atom. The Balaban J connectivity index is 2.02. The Bertz CT molecular complexity index is 852. The standard InChI is InChI=1S/C14H12N4O3/c19-12(20)7-6-10-13(21)16-14-15-11(8-18(14)17-10)9-4-2-1-3-5-9/h1-5,8H,6-7H2,(H2,15,16,19,20,21)/p+1. The molecule has 0 aliphatic heterocycles. The van der Waals surface area contributed by atoms with Crippen LogP contribution in [0, 0.1) is 0 Å².